The fraction of sp³-hybridized carbons (Fsp3) is 0.250. The van der Waals surface area contributed by atoms with Crippen LogP contribution in [-0.4, -0.2) is 24.5 Å². The molecule has 2 rings (SSSR count). The van der Waals surface area contributed by atoms with Gasteiger partial charge in [-0.05, 0) is 30.7 Å². The summed E-state index contributed by atoms with van der Waals surface area (Å²) in [5.41, 5.74) is 0.903. The minimum Gasteiger partial charge on any atom is -0.464 e. The number of halogens is 1. The molecule has 0 spiro atoms. The maximum atomic E-state index is 12.1. The maximum absolute atomic E-state index is 12.1. The number of hydrogen-bond donors (Lipinski definition) is 1. The Hall–Kier alpha value is -2.08. The van der Waals surface area contributed by atoms with Crippen molar-refractivity contribution in [2.75, 3.05) is 6.61 Å². The summed E-state index contributed by atoms with van der Waals surface area (Å²) >= 11 is 3.43. The first-order valence-electron chi connectivity index (χ1n) is 6.86. The lowest BCUT2D eigenvalue weighted by Gasteiger charge is -2.17. The second kappa shape index (κ2) is 7.79. The SMILES string of the molecule is CCOC(=O)C(Cc1ccccc1Br)NC(=O)c1ccco1. The molecule has 1 unspecified atom stereocenters. The number of rotatable bonds is 6. The van der Waals surface area contributed by atoms with Gasteiger partial charge in [0.15, 0.2) is 5.76 Å². The van der Waals surface area contributed by atoms with Gasteiger partial charge in [0.1, 0.15) is 6.04 Å². The molecule has 0 saturated carbocycles. The quantitative estimate of drug-likeness (QED) is 0.799. The van der Waals surface area contributed by atoms with E-state index in [0.29, 0.717) is 6.42 Å². The van der Waals surface area contributed by atoms with Crippen molar-refractivity contribution < 1.29 is 18.7 Å². The Balaban J connectivity index is 2.14. The van der Waals surface area contributed by atoms with E-state index in [1.807, 2.05) is 24.3 Å². The Morgan fingerprint density at radius 2 is 2.05 bits per heavy atom. The fourth-order valence-electron chi connectivity index (χ4n) is 1.96. The molecule has 5 nitrogen and oxygen atoms in total. The third-order valence-electron chi connectivity index (χ3n) is 3.00. The number of furan rings is 1. The van der Waals surface area contributed by atoms with Gasteiger partial charge < -0.3 is 14.5 Å². The largest absolute Gasteiger partial charge is 0.464 e. The summed E-state index contributed by atoms with van der Waals surface area (Å²) in [5.74, 6) is -0.769. The number of carbonyl (C=O) groups is 2. The molecule has 6 heteroatoms. The topological polar surface area (TPSA) is 68.5 Å². The highest BCUT2D eigenvalue weighted by atomic mass is 79.9. The fourth-order valence-corrected chi connectivity index (χ4v) is 2.40. The molecular formula is C16H16BrNO4. The van der Waals surface area contributed by atoms with Crippen molar-refractivity contribution in [3.63, 3.8) is 0 Å². The summed E-state index contributed by atoms with van der Waals surface area (Å²) in [7, 11) is 0. The monoisotopic (exact) mass is 365 g/mol. The second-order valence-electron chi connectivity index (χ2n) is 4.55. The first kappa shape index (κ1) is 16.3. The van der Waals surface area contributed by atoms with Crippen LogP contribution in [0.15, 0.2) is 51.6 Å². The van der Waals surface area contributed by atoms with Gasteiger partial charge in [-0.3, -0.25) is 4.79 Å². The van der Waals surface area contributed by atoms with Crippen LogP contribution in [0.5, 0.6) is 0 Å². The van der Waals surface area contributed by atoms with Crippen molar-refractivity contribution in [1.29, 1.82) is 0 Å². The van der Waals surface area contributed by atoms with E-state index in [-0.39, 0.29) is 12.4 Å². The number of nitrogens with one attached hydrogen (secondary N) is 1. The third kappa shape index (κ3) is 4.21. The van der Waals surface area contributed by atoms with Gasteiger partial charge in [-0.15, -0.1) is 0 Å². The summed E-state index contributed by atoms with van der Waals surface area (Å²) < 4.78 is 10.9. The minimum absolute atomic E-state index is 0.154. The van der Waals surface area contributed by atoms with Crippen molar-refractivity contribution in [3.05, 3.63) is 58.5 Å². The molecular weight excluding hydrogens is 350 g/mol. The number of ether oxygens (including phenoxy) is 1. The smallest absolute Gasteiger partial charge is 0.328 e. The van der Waals surface area contributed by atoms with Crippen molar-refractivity contribution in [2.24, 2.45) is 0 Å². The molecule has 1 aromatic heterocycles. The van der Waals surface area contributed by atoms with E-state index < -0.39 is 17.9 Å². The average molecular weight is 366 g/mol. The molecule has 0 aliphatic carbocycles. The van der Waals surface area contributed by atoms with Gasteiger partial charge in [-0.2, -0.15) is 0 Å². The van der Waals surface area contributed by atoms with E-state index in [1.54, 1.807) is 13.0 Å². The molecule has 1 atom stereocenters. The summed E-state index contributed by atoms with van der Waals surface area (Å²) in [4.78, 5) is 24.2. The maximum Gasteiger partial charge on any atom is 0.328 e. The number of amides is 1. The molecule has 1 aromatic carbocycles. The third-order valence-corrected chi connectivity index (χ3v) is 3.78. The summed E-state index contributed by atoms with van der Waals surface area (Å²) in [5, 5.41) is 2.65. The van der Waals surface area contributed by atoms with Crippen LogP contribution in [-0.2, 0) is 16.0 Å². The van der Waals surface area contributed by atoms with Crippen molar-refractivity contribution in [1.82, 2.24) is 5.32 Å². The molecule has 1 N–H and O–H groups in total. The van der Waals surface area contributed by atoms with E-state index in [2.05, 4.69) is 21.2 Å². The lowest BCUT2D eigenvalue weighted by atomic mass is 10.1. The molecule has 1 amide bonds. The van der Waals surface area contributed by atoms with Crippen LogP contribution in [0.1, 0.15) is 23.0 Å². The Bertz CT molecular complexity index is 639. The molecule has 0 fully saturated rings. The number of benzene rings is 1. The second-order valence-corrected chi connectivity index (χ2v) is 5.41. The summed E-state index contributed by atoms with van der Waals surface area (Å²) in [6.07, 6.45) is 1.73. The predicted molar refractivity (Wildman–Crippen MR) is 84.4 cm³/mol. The van der Waals surface area contributed by atoms with Crippen LogP contribution >= 0.6 is 15.9 Å². The number of esters is 1. The van der Waals surface area contributed by atoms with Crippen molar-refractivity contribution in [3.8, 4) is 0 Å². The van der Waals surface area contributed by atoms with Gasteiger partial charge in [0, 0.05) is 10.9 Å². The van der Waals surface area contributed by atoms with Crippen LogP contribution in [0, 0.1) is 0 Å². The molecule has 1 heterocycles. The zero-order valence-electron chi connectivity index (χ0n) is 12.0. The van der Waals surface area contributed by atoms with Crippen LogP contribution < -0.4 is 5.32 Å². The van der Waals surface area contributed by atoms with E-state index in [4.69, 9.17) is 9.15 Å². The summed E-state index contributed by atoms with van der Waals surface area (Å²) in [6, 6.07) is 9.89. The van der Waals surface area contributed by atoms with Gasteiger partial charge in [-0.1, -0.05) is 34.1 Å². The Morgan fingerprint density at radius 1 is 1.27 bits per heavy atom. The standard InChI is InChI=1S/C16H16BrNO4/c1-2-21-16(20)13(10-11-6-3-4-7-12(11)17)18-15(19)14-8-5-9-22-14/h3-9,13H,2,10H2,1H3,(H,18,19). The van der Waals surface area contributed by atoms with E-state index in [9.17, 15) is 9.59 Å². The predicted octanol–water partition coefficient (Wildman–Crippen LogP) is 2.95. The normalized spacial score (nSPS) is 11.7. The van der Waals surface area contributed by atoms with Gasteiger partial charge in [0.05, 0.1) is 12.9 Å². The highest BCUT2D eigenvalue weighted by Gasteiger charge is 2.24. The molecule has 2 aromatic rings. The van der Waals surface area contributed by atoms with E-state index in [0.717, 1.165) is 10.0 Å². The zero-order valence-corrected chi connectivity index (χ0v) is 13.6. The first-order chi connectivity index (χ1) is 10.6. The van der Waals surface area contributed by atoms with Gasteiger partial charge in [0.2, 0.25) is 0 Å². The Labute approximate surface area is 136 Å². The molecule has 0 bridgehead atoms. The van der Waals surface area contributed by atoms with E-state index in [1.165, 1.54) is 12.3 Å². The van der Waals surface area contributed by atoms with Crippen LogP contribution in [0.2, 0.25) is 0 Å². The zero-order chi connectivity index (χ0) is 15.9. The van der Waals surface area contributed by atoms with Crippen molar-refractivity contribution >= 4 is 27.8 Å². The highest BCUT2D eigenvalue weighted by molar-refractivity contribution is 9.10. The Kier molecular flexibility index (Phi) is 5.77. The lowest BCUT2D eigenvalue weighted by molar-refractivity contribution is -0.145. The molecule has 0 saturated heterocycles. The van der Waals surface area contributed by atoms with Gasteiger partial charge in [0.25, 0.3) is 5.91 Å². The van der Waals surface area contributed by atoms with Crippen LogP contribution in [0.4, 0.5) is 0 Å². The van der Waals surface area contributed by atoms with E-state index >= 15 is 0 Å². The minimum atomic E-state index is -0.781. The molecule has 116 valence electrons. The summed E-state index contributed by atoms with van der Waals surface area (Å²) in [6.45, 7) is 1.98. The molecule has 0 aliphatic rings. The van der Waals surface area contributed by atoms with Crippen molar-refractivity contribution in [2.45, 2.75) is 19.4 Å². The molecule has 22 heavy (non-hydrogen) atoms. The first-order valence-corrected chi connectivity index (χ1v) is 7.65. The van der Waals surface area contributed by atoms with Crippen LogP contribution in [0.25, 0.3) is 0 Å². The molecule has 0 aliphatic heterocycles. The highest BCUT2D eigenvalue weighted by Crippen LogP contribution is 2.18. The molecule has 0 radical (unpaired) electrons. The van der Waals surface area contributed by atoms with Gasteiger partial charge in [-0.25, -0.2) is 4.79 Å². The Morgan fingerprint density at radius 3 is 2.68 bits per heavy atom. The van der Waals surface area contributed by atoms with Gasteiger partial charge >= 0.3 is 5.97 Å². The van der Waals surface area contributed by atoms with Crippen LogP contribution in [0.3, 0.4) is 0 Å². The number of hydrogen-bond acceptors (Lipinski definition) is 4. The average Bonchev–Trinajstić information content (AvgIpc) is 3.03. The number of carbonyl (C=O) groups excluding carboxylic acids is 2. The lowest BCUT2D eigenvalue weighted by Crippen LogP contribution is -2.43.